The van der Waals surface area contributed by atoms with Gasteiger partial charge in [0.25, 0.3) is 0 Å². The summed E-state index contributed by atoms with van der Waals surface area (Å²) in [5.41, 5.74) is 1.84. The van der Waals surface area contributed by atoms with E-state index in [9.17, 15) is 8.42 Å². The van der Waals surface area contributed by atoms with Crippen molar-refractivity contribution in [1.29, 1.82) is 0 Å². The second kappa shape index (κ2) is 4.61. The van der Waals surface area contributed by atoms with E-state index >= 15 is 0 Å². The molecule has 0 bridgehead atoms. The molecule has 0 amide bonds. The number of fused-ring (bicyclic) bond motifs is 1. The fraction of sp³-hybridized carbons (Fsp3) is 0.417. The van der Waals surface area contributed by atoms with Crippen LogP contribution in [0.4, 0.5) is 5.69 Å². The standard InChI is InChI=1S/C12H16N2O3S/c1-4-12-13-10-7-9(5-6-11(10)17-12)14-18(15,16)8(2)3/h5-8,14H,4H2,1-3H3. The van der Waals surface area contributed by atoms with E-state index in [0.29, 0.717) is 29.1 Å². The van der Waals surface area contributed by atoms with Crippen molar-refractivity contribution in [2.24, 2.45) is 0 Å². The lowest BCUT2D eigenvalue weighted by atomic mass is 10.3. The number of hydrogen-bond acceptors (Lipinski definition) is 4. The maximum atomic E-state index is 11.7. The molecule has 0 fully saturated rings. The van der Waals surface area contributed by atoms with Gasteiger partial charge in [0.15, 0.2) is 11.5 Å². The van der Waals surface area contributed by atoms with Crippen molar-refractivity contribution in [3.05, 3.63) is 24.1 Å². The Morgan fingerprint density at radius 2 is 2.11 bits per heavy atom. The second-order valence-electron chi connectivity index (χ2n) is 4.34. The Morgan fingerprint density at radius 3 is 2.72 bits per heavy atom. The van der Waals surface area contributed by atoms with Crippen molar-refractivity contribution >= 4 is 26.8 Å². The molecule has 0 saturated carbocycles. The van der Waals surface area contributed by atoms with Crippen molar-refractivity contribution in [1.82, 2.24) is 4.98 Å². The highest BCUT2D eigenvalue weighted by Gasteiger charge is 2.16. The largest absolute Gasteiger partial charge is 0.441 e. The first-order valence-electron chi connectivity index (χ1n) is 5.83. The number of sulfonamides is 1. The van der Waals surface area contributed by atoms with Gasteiger partial charge >= 0.3 is 0 Å². The van der Waals surface area contributed by atoms with Crippen LogP contribution in [0.15, 0.2) is 22.6 Å². The molecule has 0 unspecified atom stereocenters. The molecule has 1 heterocycles. The van der Waals surface area contributed by atoms with Crippen LogP contribution in [-0.2, 0) is 16.4 Å². The minimum Gasteiger partial charge on any atom is -0.441 e. The monoisotopic (exact) mass is 268 g/mol. The highest BCUT2D eigenvalue weighted by Crippen LogP contribution is 2.21. The van der Waals surface area contributed by atoms with Crippen LogP contribution in [0.5, 0.6) is 0 Å². The molecule has 0 spiro atoms. The average molecular weight is 268 g/mol. The van der Waals surface area contributed by atoms with Crippen molar-refractivity contribution in [2.45, 2.75) is 32.4 Å². The zero-order valence-corrected chi connectivity index (χ0v) is 11.4. The van der Waals surface area contributed by atoms with Crippen LogP contribution >= 0.6 is 0 Å². The van der Waals surface area contributed by atoms with Gasteiger partial charge in [0, 0.05) is 6.42 Å². The van der Waals surface area contributed by atoms with Crippen molar-refractivity contribution < 1.29 is 12.8 Å². The van der Waals surface area contributed by atoms with Gasteiger partial charge in [0.1, 0.15) is 5.52 Å². The van der Waals surface area contributed by atoms with E-state index in [4.69, 9.17) is 4.42 Å². The lowest BCUT2D eigenvalue weighted by Crippen LogP contribution is -2.22. The molecule has 1 aromatic carbocycles. The molecule has 1 aromatic heterocycles. The molecule has 0 saturated heterocycles. The quantitative estimate of drug-likeness (QED) is 0.924. The maximum absolute atomic E-state index is 11.7. The normalized spacial score (nSPS) is 12.2. The van der Waals surface area contributed by atoms with E-state index in [2.05, 4.69) is 9.71 Å². The van der Waals surface area contributed by atoms with E-state index in [0.717, 1.165) is 0 Å². The van der Waals surface area contributed by atoms with E-state index in [-0.39, 0.29) is 0 Å². The fourth-order valence-corrected chi connectivity index (χ4v) is 2.16. The SMILES string of the molecule is CCc1nc2cc(NS(=O)(=O)C(C)C)ccc2o1. The molecule has 18 heavy (non-hydrogen) atoms. The summed E-state index contributed by atoms with van der Waals surface area (Å²) in [5, 5.41) is -0.475. The first kappa shape index (κ1) is 12.9. The molecular formula is C12H16N2O3S. The summed E-state index contributed by atoms with van der Waals surface area (Å²) >= 11 is 0. The van der Waals surface area contributed by atoms with Gasteiger partial charge in [-0.2, -0.15) is 0 Å². The van der Waals surface area contributed by atoms with Crippen LogP contribution in [-0.4, -0.2) is 18.7 Å². The van der Waals surface area contributed by atoms with Crippen LogP contribution in [0.25, 0.3) is 11.1 Å². The Balaban J connectivity index is 2.36. The van der Waals surface area contributed by atoms with Gasteiger partial charge in [0.2, 0.25) is 10.0 Å². The summed E-state index contributed by atoms with van der Waals surface area (Å²) in [5.74, 6) is 0.647. The molecule has 0 atom stereocenters. The summed E-state index contributed by atoms with van der Waals surface area (Å²) in [6.07, 6.45) is 0.710. The minimum absolute atomic E-state index is 0.475. The van der Waals surface area contributed by atoms with Gasteiger partial charge in [-0.1, -0.05) is 6.92 Å². The number of benzene rings is 1. The van der Waals surface area contributed by atoms with Crippen LogP contribution in [0.2, 0.25) is 0 Å². The van der Waals surface area contributed by atoms with Gasteiger partial charge in [0.05, 0.1) is 10.9 Å². The molecule has 98 valence electrons. The van der Waals surface area contributed by atoms with Gasteiger partial charge < -0.3 is 4.42 Å². The summed E-state index contributed by atoms with van der Waals surface area (Å²) in [6, 6.07) is 5.07. The maximum Gasteiger partial charge on any atom is 0.235 e. The van der Waals surface area contributed by atoms with E-state index < -0.39 is 15.3 Å². The molecule has 2 rings (SSSR count). The topological polar surface area (TPSA) is 72.2 Å². The van der Waals surface area contributed by atoms with Crippen LogP contribution in [0.3, 0.4) is 0 Å². The summed E-state index contributed by atoms with van der Waals surface area (Å²) in [6.45, 7) is 5.21. The number of rotatable bonds is 4. The van der Waals surface area contributed by atoms with Crippen LogP contribution in [0, 0.1) is 0 Å². The predicted octanol–water partition coefficient (Wildman–Crippen LogP) is 2.54. The summed E-state index contributed by atoms with van der Waals surface area (Å²) in [7, 11) is -3.33. The smallest absolute Gasteiger partial charge is 0.235 e. The number of anilines is 1. The minimum atomic E-state index is -3.33. The summed E-state index contributed by atoms with van der Waals surface area (Å²) < 4.78 is 31.5. The third kappa shape index (κ3) is 2.48. The Labute approximate surface area is 106 Å². The Bertz CT molecular complexity index is 659. The molecule has 0 aliphatic heterocycles. The van der Waals surface area contributed by atoms with Crippen LogP contribution < -0.4 is 4.72 Å². The van der Waals surface area contributed by atoms with E-state index in [1.807, 2.05) is 6.92 Å². The number of aromatic nitrogens is 1. The highest BCUT2D eigenvalue weighted by atomic mass is 32.2. The molecule has 5 nitrogen and oxygen atoms in total. The fourth-order valence-electron chi connectivity index (χ4n) is 1.47. The third-order valence-corrected chi connectivity index (χ3v) is 4.38. The number of nitrogens with one attached hydrogen (secondary N) is 1. The Kier molecular flexibility index (Phi) is 3.30. The van der Waals surface area contributed by atoms with E-state index in [1.54, 1.807) is 32.0 Å². The van der Waals surface area contributed by atoms with Crippen LogP contribution in [0.1, 0.15) is 26.7 Å². The second-order valence-corrected chi connectivity index (χ2v) is 6.58. The Morgan fingerprint density at radius 1 is 1.39 bits per heavy atom. The number of aryl methyl sites for hydroxylation is 1. The predicted molar refractivity (Wildman–Crippen MR) is 71.1 cm³/mol. The molecule has 6 heteroatoms. The number of oxazole rings is 1. The van der Waals surface area contributed by atoms with Crippen molar-refractivity contribution in [3.8, 4) is 0 Å². The Hall–Kier alpha value is -1.56. The number of hydrogen-bond donors (Lipinski definition) is 1. The average Bonchev–Trinajstić information content (AvgIpc) is 2.70. The molecule has 0 aliphatic rings. The lowest BCUT2D eigenvalue weighted by molar-refractivity contribution is 0.538. The molecule has 2 aromatic rings. The molecular weight excluding hydrogens is 252 g/mol. The third-order valence-electron chi connectivity index (χ3n) is 2.62. The zero-order chi connectivity index (χ0) is 13.3. The number of nitrogens with zero attached hydrogens (tertiary/aromatic N) is 1. The van der Waals surface area contributed by atoms with Gasteiger partial charge in [-0.15, -0.1) is 0 Å². The first-order valence-corrected chi connectivity index (χ1v) is 7.38. The molecule has 0 aliphatic carbocycles. The van der Waals surface area contributed by atoms with Gasteiger partial charge in [-0.3, -0.25) is 4.72 Å². The van der Waals surface area contributed by atoms with E-state index in [1.165, 1.54) is 0 Å². The highest BCUT2D eigenvalue weighted by molar-refractivity contribution is 7.93. The summed E-state index contributed by atoms with van der Waals surface area (Å²) in [4.78, 5) is 4.27. The molecule has 0 radical (unpaired) electrons. The van der Waals surface area contributed by atoms with Gasteiger partial charge in [-0.25, -0.2) is 13.4 Å². The van der Waals surface area contributed by atoms with Gasteiger partial charge in [-0.05, 0) is 32.0 Å². The lowest BCUT2D eigenvalue weighted by Gasteiger charge is -2.10. The zero-order valence-electron chi connectivity index (χ0n) is 10.6. The molecule has 1 N–H and O–H groups in total. The van der Waals surface area contributed by atoms with Crippen molar-refractivity contribution in [2.75, 3.05) is 4.72 Å². The van der Waals surface area contributed by atoms with Crippen molar-refractivity contribution in [3.63, 3.8) is 0 Å². The first-order chi connectivity index (χ1) is 8.42.